The van der Waals surface area contributed by atoms with Crippen molar-refractivity contribution in [1.29, 1.82) is 0 Å². The van der Waals surface area contributed by atoms with Crippen molar-refractivity contribution in [3.8, 4) is 0 Å². The number of carbonyl (C=O) groups is 1. The van der Waals surface area contributed by atoms with Crippen LogP contribution in [0.2, 0.25) is 0 Å². The van der Waals surface area contributed by atoms with E-state index in [0.29, 0.717) is 5.56 Å². The Morgan fingerprint density at radius 1 is 1.24 bits per heavy atom. The van der Waals surface area contributed by atoms with E-state index in [2.05, 4.69) is 4.74 Å². The number of rotatable bonds is 5. The molecule has 94 valence electrons. The molecule has 0 aliphatic heterocycles. The van der Waals surface area contributed by atoms with Crippen LogP contribution in [-0.2, 0) is 16.1 Å². The fourth-order valence-electron chi connectivity index (χ4n) is 1.16. The molecule has 1 aromatic carbocycles. The van der Waals surface area contributed by atoms with Gasteiger partial charge in [0.05, 0.1) is 6.61 Å². The van der Waals surface area contributed by atoms with E-state index in [4.69, 9.17) is 4.74 Å². The highest BCUT2D eigenvalue weighted by atomic mass is 19.4. The molecule has 0 saturated carbocycles. The third-order valence-corrected chi connectivity index (χ3v) is 1.94. The summed E-state index contributed by atoms with van der Waals surface area (Å²) in [5.41, 5.74) is 0.286. The minimum atomic E-state index is -4.84. The first kappa shape index (κ1) is 13.7. The van der Waals surface area contributed by atoms with E-state index in [-0.39, 0.29) is 19.0 Å². The van der Waals surface area contributed by atoms with Gasteiger partial charge < -0.3 is 9.47 Å². The van der Waals surface area contributed by atoms with Gasteiger partial charge in [0.2, 0.25) is 0 Å². The van der Waals surface area contributed by atoms with Gasteiger partial charge in [-0.25, -0.2) is 0 Å². The summed E-state index contributed by atoms with van der Waals surface area (Å²) in [7, 11) is 1.46. The molecule has 17 heavy (non-hydrogen) atoms. The van der Waals surface area contributed by atoms with Gasteiger partial charge >= 0.3 is 6.18 Å². The Morgan fingerprint density at radius 2 is 1.82 bits per heavy atom. The summed E-state index contributed by atoms with van der Waals surface area (Å²) in [6.07, 6.45) is -4.84. The molecular weight excluding hydrogens is 237 g/mol. The third-order valence-electron chi connectivity index (χ3n) is 1.94. The van der Waals surface area contributed by atoms with Crippen LogP contribution in [-0.4, -0.2) is 25.9 Å². The molecule has 1 rings (SSSR count). The topological polar surface area (TPSA) is 35.5 Å². The van der Waals surface area contributed by atoms with Gasteiger partial charge in [0.15, 0.2) is 0 Å². The lowest BCUT2D eigenvalue weighted by Crippen LogP contribution is -2.22. The van der Waals surface area contributed by atoms with Gasteiger partial charge in [-0.1, -0.05) is 24.3 Å². The lowest BCUT2D eigenvalue weighted by molar-refractivity contribution is -0.0885. The van der Waals surface area contributed by atoms with Gasteiger partial charge in [0.25, 0.3) is 5.78 Å². The molecule has 0 saturated heterocycles. The average molecular weight is 248 g/mol. The van der Waals surface area contributed by atoms with Crippen molar-refractivity contribution in [3.63, 3.8) is 0 Å². The fourth-order valence-corrected chi connectivity index (χ4v) is 1.16. The number of ether oxygens (including phenoxy) is 2. The Hall–Kier alpha value is -1.40. The van der Waals surface area contributed by atoms with E-state index in [1.54, 1.807) is 0 Å². The molecular formula is C11H11F3O3. The van der Waals surface area contributed by atoms with Crippen molar-refractivity contribution in [2.24, 2.45) is 0 Å². The summed E-state index contributed by atoms with van der Waals surface area (Å²) in [5.74, 6) is -1.85. The molecule has 6 heteroatoms. The number of Topliss-reactive ketones (excluding diaryl/α,β-unsaturated/α-hetero) is 1. The minimum absolute atomic E-state index is 0.100. The van der Waals surface area contributed by atoms with Crippen LogP contribution in [0.15, 0.2) is 24.3 Å². The number of benzene rings is 1. The van der Waals surface area contributed by atoms with Crippen LogP contribution in [0, 0.1) is 0 Å². The van der Waals surface area contributed by atoms with Crippen LogP contribution in [0.25, 0.3) is 0 Å². The van der Waals surface area contributed by atoms with Gasteiger partial charge in [-0.3, -0.25) is 4.79 Å². The molecule has 0 N–H and O–H groups in total. The van der Waals surface area contributed by atoms with E-state index in [1.807, 2.05) is 0 Å². The maximum absolute atomic E-state index is 12.1. The standard InChI is InChI=1S/C11H11F3O3/c1-16-7-17-6-8-2-4-9(5-3-8)10(15)11(12,13)14/h2-5H,6-7H2,1H3. The van der Waals surface area contributed by atoms with Crippen molar-refractivity contribution in [2.45, 2.75) is 12.8 Å². The molecule has 0 radical (unpaired) electrons. The highest BCUT2D eigenvalue weighted by molar-refractivity contribution is 6.00. The van der Waals surface area contributed by atoms with Crippen molar-refractivity contribution in [1.82, 2.24) is 0 Å². The van der Waals surface area contributed by atoms with Crippen LogP contribution >= 0.6 is 0 Å². The highest BCUT2D eigenvalue weighted by Gasteiger charge is 2.39. The predicted octanol–water partition coefficient (Wildman–Crippen LogP) is 2.55. The van der Waals surface area contributed by atoms with Crippen molar-refractivity contribution in [2.75, 3.05) is 13.9 Å². The number of alkyl halides is 3. The van der Waals surface area contributed by atoms with Gasteiger partial charge in [-0.2, -0.15) is 13.2 Å². The third kappa shape index (κ3) is 4.16. The molecule has 0 aromatic heterocycles. The lowest BCUT2D eigenvalue weighted by Gasteiger charge is -2.06. The van der Waals surface area contributed by atoms with Crippen LogP contribution in [0.5, 0.6) is 0 Å². The van der Waals surface area contributed by atoms with Gasteiger partial charge in [0.1, 0.15) is 6.79 Å². The summed E-state index contributed by atoms with van der Waals surface area (Å²) in [6, 6.07) is 5.08. The predicted molar refractivity (Wildman–Crippen MR) is 53.5 cm³/mol. The summed E-state index contributed by atoms with van der Waals surface area (Å²) >= 11 is 0. The van der Waals surface area contributed by atoms with Gasteiger partial charge in [-0.05, 0) is 5.56 Å². The normalized spacial score (nSPS) is 11.5. The molecule has 1 aromatic rings. The van der Waals surface area contributed by atoms with E-state index in [1.165, 1.54) is 19.2 Å². The van der Waals surface area contributed by atoms with Crippen molar-refractivity contribution >= 4 is 5.78 Å². The lowest BCUT2D eigenvalue weighted by atomic mass is 10.1. The molecule has 0 spiro atoms. The van der Waals surface area contributed by atoms with E-state index in [0.717, 1.165) is 12.1 Å². The highest BCUT2D eigenvalue weighted by Crippen LogP contribution is 2.21. The number of methoxy groups -OCH3 is 1. The molecule has 0 unspecified atom stereocenters. The van der Waals surface area contributed by atoms with E-state index in [9.17, 15) is 18.0 Å². The second-order valence-electron chi connectivity index (χ2n) is 3.28. The number of carbonyl (C=O) groups excluding carboxylic acids is 1. The van der Waals surface area contributed by atoms with Crippen LogP contribution in [0.3, 0.4) is 0 Å². The molecule has 0 bridgehead atoms. The Labute approximate surface area is 96.1 Å². The second-order valence-corrected chi connectivity index (χ2v) is 3.28. The summed E-state index contributed by atoms with van der Waals surface area (Å²) < 4.78 is 45.9. The van der Waals surface area contributed by atoms with Gasteiger partial charge in [0, 0.05) is 12.7 Å². The first-order chi connectivity index (χ1) is 7.95. The zero-order valence-corrected chi connectivity index (χ0v) is 9.08. The zero-order valence-electron chi connectivity index (χ0n) is 9.08. The molecule has 0 amide bonds. The first-order valence-electron chi connectivity index (χ1n) is 4.72. The number of halogens is 3. The minimum Gasteiger partial charge on any atom is -0.359 e. The van der Waals surface area contributed by atoms with Crippen molar-refractivity contribution < 1.29 is 27.4 Å². The Kier molecular flexibility index (Phi) is 4.65. The summed E-state index contributed by atoms with van der Waals surface area (Å²) in [6.45, 7) is 0.317. The van der Waals surface area contributed by atoms with Gasteiger partial charge in [-0.15, -0.1) is 0 Å². The van der Waals surface area contributed by atoms with Crippen LogP contribution < -0.4 is 0 Å². The first-order valence-corrected chi connectivity index (χ1v) is 4.72. The number of ketones is 1. The Bertz CT molecular complexity index is 371. The maximum atomic E-state index is 12.1. The SMILES string of the molecule is COCOCc1ccc(C(=O)C(F)(F)F)cc1. The molecule has 3 nitrogen and oxygen atoms in total. The fraction of sp³-hybridized carbons (Fsp3) is 0.364. The largest absolute Gasteiger partial charge is 0.454 e. The quantitative estimate of drug-likeness (QED) is 0.456. The molecule has 0 aliphatic rings. The zero-order chi connectivity index (χ0) is 12.9. The molecule has 0 heterocycles. The molecule has 0 fully saturated rings. The monoisotopic (exact) mass is 248 g/mol. The molecule has 0 atom stereocenters. The second kappa shape index (κ2) is 5.79. The Morgan fingerprint density at radius 3 is 2.29 bits per heavy atom. The van der Waals surface area contributed by atoms with Crippen molar-refractivity contribution in [3.05, 3.63) is 35.4 Å². The number of hydrogen-bond acceptors (Lipinski definition) is 3. The molecule has 0 aliphatic carbocycles. The van der Waals surface area contributed by atoms with E-state index >= 15 is 0 Å². The maximum Gasteiger partial charge on any atom is 0.454 e. The van der Waals surface area contributed by atoms with Crippen LogP contribution in [0.4, 0.5) is 13.2 Å². The Balaban J connectivity index is 2.65. The summed E-state index contributed by atoms with van der Waals surface area (Å²) in [5, 5.41) is 0. The van der Waals surface area contributed by atoms with E-state index < -0.39 is 12.0 Å². The smallest absolute Gasteiger partial charge is 0.359 e. The van der Waals surface area contributed by atoms with Crippen LogP contribution in [0.1, 0.15) is 15.9 Å². The average Bonchev–Trinajstić information content (AvgIpc) is 2.28. The number of hydrogen-bond donors (Lipinski definition) is 0. The summed E-state index contributed by atoms with van der Waals surface area (Å²) in [4.78, 5) is 10.9.